The number of nitrogens with zero attached hydrogens (tertiary/aromatic N) is 2. The van der Waals surface area contributed by atoms with Crippen molar-refractivity contribution in [1.82, 2.24) is 9.21 Å². The van der Waals surface area contributed by atoms with Gasteiger partial charge in [0.1, 0.15) is 5.75 Å². The van der Waals surface area contributed by atoms with Crippen molar-refractivity contribution in [2.75, 3.05) is 66.2 Å². The van der Waals surface area contributed by atoms with Crippen LogP contribution in [0.25, 0.3) is 0 Å². The number of likely N-dealkylation sites (tertiary alicyclic amines) is 1. The van der Waals surface area contributed by atoms with E-state index in [9.17, 15) is 13.2 Å². The van der Waals surface area contributed by atoms with Crippen molar-refractivity contribution in [3.8, 4) is 17.2 Å². The molecule has 0 aliphatic carbocycles. The lowest BCUT2D eigenvalue weighted by Crippen LogP contribution is -2.41. The molecule has 1 fully saturated rings. The summed E-state index contributed by atoms with van der Waals surface area (Å²) in [6, 6.07) is 13.1. The summed E-state index contributed by atoms with van der Waals surface area (Å²) in [4.78, 5) is 15.8. The maximum absolute atomic E-state index is 13.6. The Morgan fingerprint density at radius 2 is 1.75 bits per heavy atom. The molecule has 2 heterocycles. The predicted molar refractivity (Wildman–Crippen MR) is 150 cm³/mol. The molecule has 0 bridgehead atoms. The van der Waals surface area contributed by atoms with Gasteiger partial charge in [-0.05, 0) is 48.7 Å². The number of hydrogen-bond donors (Lipinski definition) is 0. The van der Waals surface area contributed by atoms with E-state index in [0.717, 1.165) is 11.1 Å². The van der Waals surface area contributed by atoms with Gasteiger partial charge in [-0.3, -0.25) is 9.69 Å². The van der Waals surface area contributed by atoms with Gasteiger partial charge in [-0.1, -0.05) is 25.1 Å². The molecule has 0 radical (unpaired) electrons. The molecule has 2 aliphatic heterocycles. The summed E-state index contributed by atoms with van der Waals surface area (Å²) in [5, 5.41) is 0. The summed E-state index contributed by atoms with van der Waals surface area (Å²) < 4.78 is 54.8. The molecule has 11 heteroatoms. The molecule has 3 atom stereocenters. The summed E-state index contributed by atoms with van der Waals surface area (Å²) in [6.45, 7) is 6.03. The molecule has 2 aromatic rings. The Morgan fingerprint density at radius 1 is 1.02 bits per heavy atom. The second-order valence-electron chi connectivity index (χ2n) is 9.92. The van der Waals surface area contributed by atoms with Gasteiger partial charge in [0.2, 0.25) is 16.8 Å². The first-order valence-corrected chi connectivity index (χ1v) is 15.3. The van der Waals surface area contributed by atoms with E-state index in [0.29, 0.717) is 49.8 Å². The van der Waals surface area contributed by atoms with Crippen LogP contribution in [0.3, 0.4) is 0 Å². The lowest BCUT2D eigenvalue weighted by molar-refractivity contribution is -0.149. The number of methoxy groups -OCH3 is 2. The van der Waals surface area contributed by atoms with Crippen LogP contribution < -0.4 is 14.2 Å². The number of ether oxygens (including phenoxy) is 5. The Morgan fingerprint density at radius 3 is 2.42 bits per heavy atom. The number of carbonyl (C=O) groups is 1. The fourth-order valence-electron chi connectivity index (χ4n) is 5.56. The van der Waals surface area contributed by atoms with Gasteiger partial charge in [0.05, 0.1) is 32.0 Å². The topological polar surface area (TPSA) is 104 Å². The maximum Gasteiger partial charge on any atom is 0.311 e. The average Bonchev–Trinajstić information content (AvgIpc) is 3.58. The van der Waals surface area contributed by atoms with Crippen molar-refractivity contribution < 1.29 is 36.9 Å². The Labute approximate surface area is 237 Å². The van der Waals surface area contributed by atoms with Gasteiger partial charge < -0.3 is 23.7 Å². The zero-order chi connectivity index (χ0) is 28.7. The normalized spacial score (nSPS) is 20.7. The van der Waals surface area contributed by atoms with Crippen LogP contribution in [0.2, 0.25) is 0 Å². The first-order valence-electron chi connectivity index (χ1n) is 13.7. The highest BCUT2D eigenvalue weighted by molar-refractivity contribution is 7.89. The Kier molecular flexibility index (Phi) is 10.3. The molecule has 0 spiro atoms. The zero-order valence-electron chi connectivity index (χ0n) is 23.7. The van der Waals surface area contributed by atoms with Crippen LogP contribution in [-0.2, 0) is 24.3 Å². The molecule has 0 unspecified atom stereocenters. The van der Waals surface area contributed by atoms with Gasteiger partial charge in [-0.15, -0.1) is 0 Å². The highest BCUT2D eigenvalue weighted by atomic mass is 32.2. The second kappa shape index (κ2) is 13.7. The number of sulfonamides is 1. The van der Waals surface area contributed by atoms with Crippen molar-refractivity contribution >= 4 is 16.0 Å². The van der Waals surface area contributed by atoms with Crippen LogP contribution in [-0.4, -0.2) is 89.8 Å². The van der Waals surface area contributed by atoms with Gasteiger partial charge in [0.25, 0.3) is 0 Å². The van der Waals surface area contributed by atoms with Crippen LogP contribution >= 0.6 is 0 Å². The maximum atomic E-state index is 13.6. The van der Waals surface area contributed by atoms with E-state index in [1.165, 1.54) is 11.4 Å². The molecule has 4 rings (SSSR count). The van der Waals surface area contributed by atoms with E-state index in [2.05, 4.69) is 4.90 Å². The number of fused-ring (bicyclic) bond motifs is 1. The predicted octanol–water partition coefficient (Wildman–Crippen LogP) is 3.43. The summed E-state index contributed by atoms with van der Waals surface area (Å²) in [7, 11) is -0.391. The van der Waals surface area contributed by atoms with Crippen LogP contribution in [0.4, 0.5) is 0 Å². The van der Waals surface area contributed by atoms with E-state index < -0.39 is 15.9 Å². The van der Waals surface area contributed by atoms with Crippen molar-refractivity contribution in [2.24, 2.45) is 5.92 Å². The highest BCUT2D eigenvalue weighted by Crippen LogP contribution is 2.48. The van der Waals surface area contributed by atoms with E-state index in [1.807, 2.05) is 49.4 Å². The van der Waals surface area contributed by atoms with E-state index in [4.69, 9.17) is 23.7 Å². The number of carbonyl (C=O) groups excluding carboxylic acids is 1. The van der Waals surface area contributed by atoms with Gasteiger partial charge in [-0.25, -0.2) is 12.7 Å². The Hall–Kier alpha value is -2.86. The zero-order valence-corrected chi connectivity index (χ0v) is 24.5. The minimum Gasteiger partial charge on any atom is -0.497 e. The smallest absolute Gasteiger partial charge is 0.311 e. The van der Waals surface area contributed by atoms with Crippen molar-refractivity contribution in [3.05, 3.63) is 53.6 Å². The van der Waals surface area contributed by atoms with Crippen LogP contribution in [0.15, 0.2) is 42.5 Å². The summed E-state index contributed by atoms with van der Waals surface area (Å²) in [6.07, 6.45) is 0.694. The standard InChI is InChI=1S/C29H40N2O8S/c1-5-13-31(40(33,34)17-16-35-3)15-14-30-19-24(22-9-12-25-26(18-22)39-20-38-25)27(29(32)37-6-2)28(30)21-7-10-23(36-4)11-8-21/h7-12,18,24,27-28H,5-6,13-17,19-20H2,1-4H3/t24-,27-,28+/m1/s1. The summed E-state index contributed by atoms with van der Waals surface area (Å²) >= 11 is 0. The fraction of sp³-hybridized carbons (Fsp3) is 0.552. The lowest BCUT2D eigenvalue weighted by atomic mass is 9.82. The van der Waals surface area contributed by atoms with Crippen LogP contribution in [0, 0.1) is 5.92 Å². The number of hydrogen-bond acceptors (Lipinski definition) is 9. The largest absolute Gasteiger partial charge is 0.497 e. The third-order valence-electron chi connectivity index (χ3n) is 7.49. The van der Waals surface area contributed by atoms with Crippen LogP contribution in [0.1, 0.15) is 43.4 Å². The van der Waals surface area contributed by atoms with Crippen LogP contribution in [0.5, 0.6) is 17.2 Å². The SMILES string of the molecule is CCCN(CCN1C[C@H](c2ccc3c(c2)OCO3)[C@@H](C(=O)OCC)[C@@H]1c1ccc(OC)cc1)S(=O)(=O)CCOC. The first-order chi connectivity index (χ1) is 19.3. The highest BCUT2D eigenvalue weighted by Gasteiger charge is 2.48. The molecule has 0 amide bonds. The van der Waals surface area contributed by atoms with E-state index >= 15 is 0 Å². The van der Waals surface area contributed by atoms with Crippen molar-refractivity contribution in [3.63, 3.8) is 0 Å². The average molecular weight is 577 g/mol. The van der Waals surface area contributed by atoms with E-state index in [-0.39, 0.29) is 43.7 Å². The lowest BCUT2D eigenvalue weighted by Gasteiger charge is -2.30. The number of benzene rings is 2. The van der Waals surface area contributed by atoms with Crippen molar-refractivity contribution in [2.45, 2.75) is 32.2 Å². The van der Waals surface area contributed by atoms with E-state index in [1.54, 1.807) is 14.0 Å². The Bertz CT molecular complexity index is 1240. The minimum absolute atomic E-state index is 0.0727. The molecule has 0 saturated carbocycles. The molecule has 10 nitrogen and oxygen atoms in total. The first kappa shape index (κ1) is 30.1. The second-order valence-corrected chi connectivity index (χ2v) is 12.0. The number of esters is 1. The number of rotatable bonds is 14. The third-order valence-corrected chi connectivity index (χ3v) is 9.32. The van der Waals surface area contributed by atoms with Gasteiger partial charge in [0, 0.05) is 45.2 Å². The molecule has 40 heavy (non-hydrogen) atoms. The third kappa shape index (κ3) is 6.71. The summed E-state index contributed by atoms with van der Waals surface area (Å²) in [5.74, 6) is 0.964. The molecule has 1 saturated heterocycles. The molecule has 0 N–H and O–H groups in total. The summed E-state index contributed by atoms with van der Waals surface area (Å²) in [5.41, 5.74) is 1.88. The Balaban J connectivity index is 1.70. The van der Waals surface area contributed by atoms with Gasteiger partial charge >= 0.3 is 5.97 Å². The quantitative estimate of drug-likeness (QED) is 0.313. The van der Waals surface area contributed by atoms with Crippen molar-refractivity contribution in [1.29, 1.82) is 0 Å². The fourth-order valence-corrected chi connectivity index (χ4v) is 7.02. The molecule has 2 aliphatic rings. The molecule has 0 aromatic heterocycles. The minimum atomic E-state index is -3.50. The van der Waals surface area contributed by atoms with Gasteiger partial charge in [0.15, 0.2) is 11.5 Å². The molecule has 2 aromatic carbocycles. The monoisotopic (exact) mass is 576 g/mol. The molecular formula is C29H40N2O8S. The molecular weight excluding hydrogens is 536 g/mol. The van der Waals surface area contributed by atoms with Gasteiger partial charge in [-0.2, -0.15) is 0 Å². The molecule has 220 valence electrons.